The molecule has 0 amide bonds. The van der Waals surface area contributed by atoms with E-state index in [1.165, 1.54) is 6.92 Å². The molecule has 5 aliphatic rings. The van der Waals surface area contributed by atoms with E-state index in [0.717, 1.165) is 44.1 Å². The van der Waals surface area contributed by atoms with E-state index in [0.29, 0.717) is 25.6 Å². The second-order valence-electron chi connectivity index (χ2n) is 10.3. The number of ether oxygens (including phenoxy) is 3. The average Bonchev–Trinajstić information content (AvgIpc) is 3.26. The van der Waals surface area contributed by atoms with Crippen LogP contribution in [0.5, 0.6) is 0 Å². The lowest BCUT2D eigenvalue weighted by atomic mass is 9.46. The van der Waals surface area contributed by atoms with Crippen LogP contribution in [0.25, 0.3) is 0 Å². The molecule has 6 heteroatoms. The third kappa shape index (κ3) is 2.79. The summed E-state index contributed by atoms with van der Waals surface area (Å²) in [6, 6.07) is 0. The Morgan fingerprint density at radius 2 is 1.93 bits per heavy atom. The van der Waals surface area contributed by atoms with Crippen LogP contribution in [0.1, 0.15) is 58.8 Å². The molecule has 0 unspecified atom stereocenters. The van der Waals surface area contributed by atoms with Crippen LogP contribution in [0.3, 0.4) is 0 Å². The van der Waals surface area contributed by atoms with Gasteiger partial charge in [0.05, 0.1) is 25.9 Å². The Hall–Kier alpha value is -0.950. The lowest BCUT2D eigenvalue weighted by molar-refractivity contribution is -0.196. The number of esters is 1. The van der Waals surface area contributed by atoms with Crippen molar-refractivity contribution in [2.24, 2.45) is 28.6 Å². The number of hydrogen-bond donors (Lipinski definition) is 2. The first-order chi connectivity index (χ1) is 13.8. The van der Waals surface area contributed by atoms with Gasteiger partial charge in [0.25, 0.3) is 0 Å². The third-order valence-corrected chi connectivity index (χ3v) is 9.18. The molecular formula is C23H34O6. The minimum Gasteiger partial charge on any atom is -0.462 e. The van der Waals surface area contributed by atoms with Gasteiger partial charge in [-0.15, -0.1) is 0 Å². The van der Waals surface area contributed by atoms with E-state index in [-0.39, 0.29) is 41.3 Å². The predicted molar refractivity (Wildman–Crippen MR) is 105 cm³/mol. The normalized spacial score (nSPS) is 47.9. The number of fused-ring (bicyclic) bond motifs is 5. The Morgan fingerprint density at radius 1 is 1.17 bits per heavy atom. The van der Waals surface area contributed by atoms with Gasteiger partial charge in [0.2, 0.25) is 0 Å². The molecule has 162 valence electrons. The summed E-state index contributed by atoms with van der Waals surface area (Å²) in [4.78, 5) is 11.6. The summed E-state index contributed by atoms with van der Waals surface area (Å²) in [5.74, 6) is -0.128. The van der Waals surface area contributed by atoms with E-state index in [1.54, 1.807) is 0 Å². The summed E-state index contributed by atoms with van der Waals surface area (Å²) in [5.41, 5.74) is 0.745. The van der Waals surface area contributed by atoms with Gasteiger partial charge in [0.1, 0.15) is 6.10 Å². The van der Waals surface area contributed by atoms with Crippen LogP contribution < -0.4 is 0 Å². The fraction of sp³-hybridized carbons (Fsp3) is 0.870. The van der Waals surface area contributed by atoms with Crippen molar-refractivity contribution in [2.45, 2.75) is 76.8 Å². The lowest BCUT2D eigenvalue weighted by Gasteiger charge is -2.60. The largest absolute Gasteiger partial charge is 0.462 e. The second kappa shape index (κ2) is 6.78. The van der Waals surface area contributed by atoms with Crippen LogP contribution in [-0.2, 0) is 19.0 Å². The highest BCUT2D eigenvalue weighted by Gasteiger charge is 2.64. The maximum Gasteiger partial charge on any atom is 0.302 e. The van der Waals surface area contributed by atoms with Crippen molar-refractivity contribution in [1.29, 1.82) is 0 Å². The van der Waals surface area contributed by atoms with Crippen LogP contribution in [0, 0.1) is 28.6 Å². The molecule has 2 N–H and O–H groups in total. The molecule has 0 aromatic carbocycles. The van der Waals surface area contributed by atoms with Gasteiger partial charge < -0.3 is 24.4 Å². The zero-order valence-corrected chi connectivity index (χ0v) is 17.6. The zero-order chi connectivity index (χ0) is 20.4. The lowest BCUT2D eigenvalue weighted by Crippen LogP contribution is -2.58. The van der Waals surface area contributed by atoms with E-state index >= 15 is 0 Å². The molecule has 1 spiro atoms. The number of rotatable bonds is 2. The van der Waals surface area contributed by atoms with Crippen LogP contribution in [0.15, 0.2) is 11.6 Å². The quantitative estimate of drug-likeness (QED) is 0.542. The fourth-order valence-corrected chi connectivity index (χ4v) is 7.80. The standard InChI is InChI=1S/C23H34O6/c1-14(25)29-19-4-3-16-20-17(5-6-21(16,19)2)22(13-24)7-8-23(27-9-10-28-23)12-15(22)11-18(20)26/h11,16-20,24,26H,3-10,12-13H2,1-2H3/t16-,17-,18-,19-,20-,21-,22+/m0/s1. The molecule has 1 saturated heterocycles. The van der Waals surface area contributed by atoms with Crippen molar-refractivity contribution in [3.05, 3.63) is 11.6 Å². The molecule has 4 fully saturated rings. The van der Waals surface area contributed by atoms with E-state index in [9.17, 15) is 15.0 Å². The topological polar surface area (TPSA) is 85.2 Å². The molecule has 5 rings (SSSR count). The minimum absolute atomic E-state index is 0.0662. The molecule has 7 atom stereocenters. The summed E-state index contributed by atoms with van der Waals surface area (Å²) in [6.45, 7) is 5.07. The van der Waals surface area contributed by atoms with Gasteiger partial charge in [0.15, 0.2) is 5.79 Å². The monoisotopic (exact) mass is 406 g/mol. The maximum absolute atomic E-state index is 11.6. The first kappa shape index (κ1) is 20.0. The van der Waals surface area contributed by atoms with Gasteiger partial charge in [-0.1, -0.05) is 18.6 Å². The Morgan fingerprint density at radius 3 is 2.62 bits per heavy atom. The highest BCUT2D eigenvalue weighted by molar-refractivity contribution is 5.66. The number of carbonyl (C=O) groups excluding carboxylic acids is 1. The van der Waals surface area contributed by atoms with Crippen LogP contribution in [0.2, 0.25) is 0 Å². The second-order valence-corrected chi connectivity index (χ2v) is 10.3. The third-order valence-electron chi connectivity index (χ3n) is 9.18. The Balaban J connectivity index is 1.48. The van der Waals surface area contributed by atoms with Crippen LogP contribution in [-0.4, -0.2) is 54.0 Å². The summed E-state index contributed by atoms with van der Waals surface area (Å²) < 4.78 is 17.6. The SMILES string of the molecule is CC(=O)O[C@H]1CC[C@H]2[C@@H]3[C@@H](O)C=C4CC5(CC[C@]4(CO)[C@H]3CC[C@]12C)OCCO5. The summed E-state index contributed by atoms with van der Waals surface area (Å²) >= 11 is 0. The Bertz CT molecular complexity index is 712. The number of carbonyl (C=O) groups is 1. The average molecular weight is 407 g/mol. The fourth-order valence-electron chi connectivity index (χ4n) is 7.80. The maximum atomic E-state index is 11.6. The van der Waals surface area contributed by atoms with E-state index in [2.05, 4.69) is 6.92 Å². The van der Waals surface area contributed by atoms with E-state index in [4.69, 9.17) is 14.2 Å². The molecule has 1 aliphatic heterocycles. The van der Waals surface area contributed by atoms with E-state index in [1.807, 2.05) is 6.08 Å². The molecule has 3 saturated carbocycles. The molecular weight excluding hydrogens is 372 g/mol. The molecule has 0 radical (unpaired) electrons. The van der Waals surface area contributed by atoms with Crippen molar-refractivity contribution in [1.82, 2.24) is 0 Å². The Kier molecular flexibility index (Phi) is 4.67. The van der Waals surface area contributed by atoms with Gasteiger partial charge in [-0.25, -0.2) is 0 Å². The summed E-state index contributed by atoms with van der Waals surface area (Å²) in [6.07, 6.45) is 7.42. The van der Waals surface area contributed by atoms with Gasteiger partial charge in [-0.05, 0) is 49.9 Å². The number of hydrogen-bond acceptors (Lipinski definition) is 6. The van der Waals surface area contributed by atoms with Crippen molar-refractivity contribution >= 4 is 5.97 Å². The summed E-state index contributed by atoms with van der Waals surface area (Å²) in [7, 11) is 0. The van der Waals surface area contributed by atoms with Crippen LogP contribution in [0.4, 0.5) is 0 Å². The summed E-state index contributed by atoms with van der Waals surface area (Å²) in [5, 5.41) is 21.9. The van der Waals surface area contributed by atoms with Gasteiger partial charge in [0, 0.05) is 30.6 Å². The molecule has 0 aromatic heterocycles. The molecule has 0 aromatic rings. The first-order valence-corrected chi connectivity index (χ1v) is 11.3. The van der Waals surface area contributed by atoms with Gasteiger partial charge in [-0.3, -0.25) is 4.79 Å². The predicted octanol–water partition coefficient (Wildman–Crippen LogP) is 2.57. The smallest absolute Gasteiger partial charge is 0.302 e. The molecule has 1 heterocycles. The van der Waals surface area contributed by atoms with Crippen molar-refractivity contribution in [3.8, 4) is 0 Å². The highest BCUT2D eigenvalue weighted by atomic mass is 16.7. The van der Waals surface area contributed by atoms with Gasteiger partial charge in [-0.2, -0.15) is 0 Å². The molecule has 4 aliphatic carbocycles. The molecule has 0 bridgehead atoms. The Labute approximate surface area is 172 Å². The first-order valence-electron chi connectivity index (χ1n) is 11.3. The van der Waals surface area contributed by atoms with Gasteiger partial charge >= 0.3 is 5.97 Å². The van der Waals surface area contributed by atoms with Crippen molar-refractivity contribution in [3.63, 3.8) is 0 Å². The highest BCUT2D eigenvalue weighted by Crippen LogP contribution is 2.66. The van der Waals surface area contributed by atoms with E-state index < -0.39 is 11.9 Å². The zero-order valence-electron chi connectivity index (χ0n) is 17.6. The minimum atomic E-state index is -0.561. The molecule has 29 heavy (non-hydrogen) atoms. The van der Waals surface area contributed by atoms with Crippen molar-refractivity contribution in [2.75, 3.05) is 19.8 Å². The molecule has 6 nitrogen and oxygen atoms in total. The number of aliphatic hydroxyl groups excluding tert-OH is 2. The van der Waals surface area contributed by atoms with Crippen molar-refractivity contribution < 1.29 is 29.2 Å². The number of aliphatic hydroxyl groups is 2. The van der Waals surface area contributed by atoms with Crippen LogP contribution >= 0.6 is 0 Å².